The van der Waals surface area contributed by atoms with Gasteiger partial charge in [0.1, 0.15) is 0 Å². The van der Waals surface area contributed by atoms with Gasteiger partial charge in [-0.05, 0) is 31.2 Å². The van der Waals surface area contributed by atoms with Gasteiger partial charge in [-0.3, -0.25) is 0 Å². The largest absolute Gasteiger partial charge is 0.393 e. The molecule has 0 saturated carbocycles. The van der Waals surface area contributed by atoms with Crippen LogP contribution >= 0.6 is 0 Å². The third-order valence-electron chi connectivity index (χ3n) is 3.51. The van der Waals surface area contributed by atoms with Gasteiger partial charge in [-0.15, -0.1) is 0 Å². The fourth-order valence-corrected chi connectivity index (χ4v) is 2.31. The summed E-state index contributed by atoms with van der Waals surface area (Å²) in [7, 11) is 0. The van der Waals surface area contributed by atoms with Gasteiger partial charge in [0.2, 0.25) is 0 Å². The molecule has 1 saturated heterocycles. The number of aryl methyl sites for hydroxylation is 1. The lowest BCUT2D eigenvalue weighted by Crippen LogP contribution is -2.45. The first-order valence-corrected chi connectivity index (χ1v) is 7.00. The quantitative estimate of drug-likeness (QED) is 0.813. The third-order valence-corrected chi connectivity index (χ3v) is 3.51. The molecule has 1 aromatic rings. The Balaban J connectivity index is 1.61. The van der Waals surface area contributed by atoms with Crippen LogP contribution < -0.4 is 5.32 Å². The topological polar surface area (TPSA) is 52.6 Å². The number of piperidine rings is 1. The average molecular weight is 262 g/mol. The Kier molecular flexibility index (Phi) is 5.21. The molecule has 0 atom stereocenters. The minimum Gasteiger partial charge on any atom is -0.393 e. The summed E-state index contributed by atoms with van der Waals surface area (Å²) in [5.74, 6) is 0. The minimum atomic E-state index is -0.234. The molecule has 4 heteroatoms. The lowest BCUT2D eigenvalue weighted by molar-refractivity contribution is 0.0937. The zero-order valence-corrected chi connectivity index (χ0v) is 11.2. The van der Waals surface area contributed by atoms with Crippen molar-refractivity contribution in [1.29, 1.82) is 0 Å². The number of aliphatic hydroxyl groups is 1. The standard InChI is InChI=1S/C15H22N2O2/c18-14-8-11-17(12-9-14)15(19)16-10-4-7-13-5-2-1-3-6-13/h1-3,5-6,14,18H,4,7-12H2,(H,16,19). The van der Waals surface area contributed by atoms with Gasteiger partial charge in [0, 0.05) is 19.6 Å². The van der Waals surface area contributed by atoms with Crippen molar-refractivity contribution in [3.63, 3.8) is 0 Å². The van der Waals surface area contributed by atoms with Crippen LogP contribution in [0, 0.1) is 0 Å². The number of likely N-dealkylation sites (tertiary alicyclic amines) is 1. The highest BCUT2D eigenvalue weighted by molar-refractivity contribution is 5.74. The second-order valence-corrected chi connectivity index (χ2v) is 5.04. The van der Waals surface area contributed by atoms with Crippen molar-refractivity contribution in [2.45, 2.75) is 31.8 Å². The van der Waals surface area contributed by atoms with Crippen LogP contribution in [0.1, 0.15) is 24.8 Å². The van der Waals surface area contributed by atoms with Gasteiger partial charge < -0.3 is 15.3 Å². The Morgan fingerprint density at radius 2 is 1.95 bits per heavy atom. The van der Waals surface area contributed by atoms with Crippen molar-refractivity contribution in [3.8, 4) is 0 Å². The summed E-state index contributed by atoms with van der Waals surface area (Å²) in [6, 6.07) is 10.3. The van der Waals surface area contributed by atoms with E-state index in [1.54, 1.807) is 4.90 Å². The summed E-state index contributed by atoms with van der Waals surface area (Å²) in [6.07, 6.45) is 3.09. The van der Waals surface area contributed by atoms with Crippen molar-refractivity contribution in [1.82, 2.24) is 10.2 Å². The first kappa shape index (κ1) is 13.9. The van der Waals surface area contributed by atoms with Crippen molar-refractivity contribution in [2.75, 3.05) is 19.6 Å². The number of hydrogen-bond donors (Lipinski definition) is 2. The van der Waals surface area contributed by atoms with Crippen molar-refractivity contribution in [3.05, 3.63) is 35.9 Å². The molecule has 0 bridgehead atoms. The van der Waals surface area contributed by atoms with E-state index in [1.807, 2.05) is 18.2 Å². The van der Waals surface area contributed by atoms with Crippen LogP contribution in [0.2, 0.25) is 0 Å². The molecule has 4 nitrogen and oxygen atoms in total. The Labute approximate surface area is 114 Å². The molecule has 1 aliphatic heterocycles. The second kappa shape index (κ2) is 7.14. The Hall–Kier alpha value is -1.55. The van der Waals surface area contributed by atoms with E-state index in [2.05, 4.69) is 17.4 Å². The summed E-state index contributed by atoms with van der Waals surface area (Å²) >= 11 is 0. The van der Waals surface area contributed by atoms with E-state index in [0.717, 1.165) is 12.8 Å². The SMILES string of the molecule is O=C(NCCCc1ccccc1)N1CCC(O)CC1. The Bertz CT molecular complexity index is 386. The highest BCUT2D eigenvalue weighted by atomic mass is 16.3. The van der Waals surface area contributed by atoms with E-state index in [-0.39, 0.29) is 12.1 Å². The number of carbonyl (C=O) groups is 1. The lowest BCUT2D eigenvalue weighted by Gasteiger charge is -2.29. The van der Waals surface area contributed by atoms with Gasteiger partial charge >= 0.3 is 6.03 Å². The van der Waals surface area contributed by atoms with E-state index in [0.29, 0.717) is 32.5 Å². The van der Waals surface area contributed by atoms with Gasteiger partial charge in [-0.1, -0.05) is 30.3 Å². The van der Waals surface area contributed by atoms with Gasteiger partial charge in [-0.25, -0.2) is 4.79 Å². The van der Waals surface area contributed by atoms with Crippen LogP contribution in [0.4, 0.5) is 4.79 Å². The van der Waals surface area contributed by atoms with Crippen molar-refractivity contribution >= 4 is 6.03 Å². The number of amides is 2. The summed E-state index contributed by atoms with van der Waals surface area (Å²) in [5.41, 5.74) is 1.30. The molecule has 2 N–H and O–H groups in total. The highest BCUT2D eigenvalue weighted by Gasteiger charge is 2.20. The molecule has 0 aromatic heterocycles. The minimum absolute atomic E-state index is 0.0000355. The van der Waals surface area contributed by atoms with Gasteiger partial charge in [0.15, 0.2) is 0 Å². The number of nitrogens with zero attached hydrogens (tertiary/aromatic N) is 1. The summed E-state index contributed by atoms with van der Waals surface area (Å²) < 4.78 is 0. The van der Waals surface area contributed by atoms with Crippen molar-refractivity contribution < 1.29 is 9.90 Å². The first-order chi connectivity index (χ1) is 9.25. The zero-order valence-electron chi connectivity index (χ0n) is 11.2. The van der Waals surface area contributed by atoms with E-state index < -0.39 is 0 Å². The lowest BCUT2D eigenvalue weighted by atomic mass is 10.1. The average Bonchev–Trinajstić information content (AvgIpc) is 2.45. The normalized spacial score (nSPS) is 16.4. The molecule has 0 spiro atoms. The van der Waals surface area contributed by atoms with Gasteiger partial charge in [-0.2, -0.15) is 0 Å². The fourth-order valence-electron chi connectivity index (χ4n) is 2.31. The van der Waals surface area contributed by atoms with Gasteiger partial charge in [0.05, 0.1) is 6.10 Å². The number of aliphatic hydroxyl groups excluding tert-OH is 1. The Morgan fingerprint density at radius 1 is 1.26 bits per heavy atom. The smallest absolute Gasteiger partial charge is 0.317 e. The molecule has 1 heterocycles. The maximum absolute atomic E-state index is 11.8. The van der Waals surface area contributed by atoms with Crippen LogP contribution in [-0.4, -0.2) is 41.8 Å². The number of carbonyl (C=O) groups excluding carboxylic acids is 1. The second-order valence-electron chi connectivity index (χ2n) is 5.04. The van der Waals surface area contributed by atoms with Crippen LogP contribution in [0.5, 0.6) is 0 Å². The molecule has 0 radical (unpaired) electrons. The number of benzene rings is 1. The molecule has 2 amide bonds. The number of hydrogen-bond acceptors (Lipinski definition) is 2. The molecule has 0 unspecified atom stereocenters. The van der Waals surface area contributed by atoms with E-state index >= 15 is 0 Å². The van der Waals surface area contributed by atoms with E-state index in [4.69, 9.17) is 0 Å². The third kappa shape index (κ3) is 4.56. The molecule has 0 aliphatic carbocycles. The first-order valence-electron chi connectivity index (χ1n) is 7.00. The maximum atomic E-state index is 11.8. The molecule has 104 valence electrons. The number of nitrogens with one attached hydrogen (secondary N) is 1. The molecular formula is C15H22N2O2. The van der Waals surface area contributed by atoms with Crippen LogP contribution in [0.15, 0.2) is 30.3 Å². The summed E-state index contributed by atoms with van der Waals surface area (Å²) in [6.45, 7) is 2.02. The Morgan fingerprint density at radius 3 is 2.63 bits per heavy atom. The fraction of sp³-hybridized carbons (Fsp3) is 0.533. The van der Waals surface area contributed by atoms with E-state index in [1.165, 1.54) is 5.56 Å². The zero-order chi connectivity index (χ0) is 13.5. The molecule has 1 aliphatic rings. The van der Waals surface area contributed by atoms with Crippen LogP contribution in [0.3, 0.4) is 0 Å². The molecule has 1 fully saturated rings. The number of rotatable bonds is 4. The van der Waals surface area contributed by atoms with Crippen LogP contribution in [0.25, 0.3) is 0 Å². The van der Waals surface area contributed by atoms with E-state index in [9.17, 15) is 9.90 Å². The summed E-state index contributed by atoms with van der Waals surface area (Å²) in [4.78, 5) is 13.6. The highest BCUT2D eigenvalue weighted by Crippen LogP contribution is 2.09. The molecule has 1 aromatic carbocycles. The molecule has 2 rings (SSSR count). The van der Waals surface area contributed by atoms with Gasteiger partial charge in [0.25, 0.3) is 0 Å². The molecular weight excluding hydrogens is 240 g/mol. The molecule has 19 heavy (non-hydrogen) atoms. The number of urea groups is 1. The predicted molar refractivity (Wildman–Crippen MR) is 75.0 cm³/mol. The van der Waals surface area contributed by atoms with Crippen LogP contribution in [-0.2, 0) is 6.42 Å². The predicted octanol–water partition coefficient (Wildman–Crippen LogP) is 1.79. The van der Waals surface area contributed by atoms with Crippen molar-refractivity contribution in [2.24, 2.45) is 0 Å². The summed E-state index contributed by atoms with van der Waals surface area (Å²) in [5, 5.41) is 12.3. The maximum Gasteiger partial charge on any atom is 0.317 e. The monoisotopic (exact) mass is 262 g/mol.